The molecular formula is C12H16O2. The topological polar surface area (TPSA) is 40.5 Å². The van der Waals surface area contributed by atoms with E-state index < -0.39 is 0 Å². The van der Waals surface area contributed by atoms with Crippen molar-refractivity contribution in [2.75, 3.05) is 14.2 Å². The highest BCUT2D eigenvalue weighted by Crippen LogP contribution is 2.11. The van der Waals surface area contributed by atoms with E-state index in [1.807, 2.05) is 0 Å². The Labute approximate surface area is 84.4 Å². The summed E-state index contributed by atoms with van der Waals surface area (Å²) in [6, 6.07) is 16.7. The molecule has 0 fully saturated rings. The molecule has 0 atom stereocenters. The van der Waals surface area contributed by atoms with Gasteiger partial charge in [-0.25, -0.2) is 0 Å². The minimum Gasteiger partial charge on any atom is -0.400 e. The van der Waals surface area contributed by atoms with Gasteiger partial charge in [0, 0.05) is 14.2 Å². The standard InChI is InChI=1S/C10H8.2CH4O/c1-2-6-10-8-4-3-7-9(10)5-1;2*1-2/h1-8H;2*2H,1H3. The summed E-state index contributed by atoms with van der Waals surface area (Å²) in [5.41, 5.74) is 0. The molecule has 0 amide bonds. The molecule has 2 nitrogen and oxygen atoms in total. The summed E-state index contributed by atoms with van der Waals surface area (Å²) in [6.45, 7) is 0. The average Bonchev–Trinajstić information content (AvgIpc) is 2.34. The molecule has 0 radical (unpaired) electrons. The van der Waals surface area contributed by atoms with Crippen LogP contribution >= 0.6 is 0 Å². The summed E-state index contributed by atoms with van der Waals surface area (Å²) in [5, 5.41) is 16.6. The van der Waals surface area contributed by atoms with Crippen molar-refractivity contribution >= 4 is 10.8 Å². The molecule has 0 aromatic heterocycles. The number of hydrogen-bond acceptors (Lipinski definition) is 2. The lowest BCUT2D eigenvalue weighted by Gasteiger charge is -1.92. The van der Waals surface area contributed by atoms with Crippen LogP contribution in [-0.4, -0.2) is 24.4 Å². The van der Waals surface area contributed by atoms with Gasteiger partial charge in [0.2, 0.25) is 0 Å². The Balaban J connectivity index is 0.000000379. The van der Waals surface area contributed by atoms with Crippen molar-refractivity contribution in [1.29, 1.82) is 0 Å². The summed E-state index contributed by atoms with van der Waals surface area (Å²) >= 11 is 0. The van der Waals surface area contributed by atoms with Crippen LogP contribution in [0.4, 0.5) is 0 Å². The van der Waals surface area contributed by atoms with Gasteiger partial charge in [0.15, 0.2) is 0 Å². The van der Waals surface area contributed by atoms with Crippen LogP contribution in [-0.2, 0) is 0 Å². The second kappa shape index (κ2) is 8.23. The zero-order valence-corrected chi connectivity index (χ0v) is 8.51. The van der Waals surface area contributed by atoms with Crippen molar-refractivity contribution in [3.63, 3.8) is 0 Å². The van der Waals surface area contributed by atoms with Crippen LogP contribution < -0.4 is 0 Å². The molecule has 2 aromatic carbocycles. The quantitative estimate of drug-likeness (QED) is 0.670. The van der Waals surface area contributed by atoms with Crippen molar-refractivity contribution < 1.29 is 10.2 Å². The number of aliphatic hydroxyl groups is 2. The van der Waals surface area contributed by atoms with Gasteiger partial charge in [0.1, 0.15) is 0 Å². The second-order valence-electron chi connectivity index (χ2n) is 2.35. The number of hydrogen-bond donors (Lipinski definition) is 2. The Bertz CT molecular complexity index is 279. The van der Waals surface area contributed by atoms with Crippen LogP contribution in [0.25, 0.3) is 10.8 Å². The number of rotatable bonds is 0. The van der Waals surface area contributed by atoms with Gasteiger partial charge < -0.3 is 10.2 Å². The van der Waals surface area contributed by atoms with E-state index in [4.69, 9.17) is 10.2 Å². The second-order valence-corrected chi connectivity index (χ2v) is 2.35. The first-order valence-corrected chi connectivity index (χ1v) is 4.30. The molecule has 2 heteroatoms. The van der Waals surface area contributed by atoms with E-state index >= 15 is 0 Å². The third-order valence-corrected chi connectivity index (χ3v) is 1.66. The molecule has 0 saturated heterocycles. The van der Waals surface area contributed by atoms with Crippen LogP contribution in [0.5, 0.6) is 0 Å². The van der Waals surface area contributed by atoms with Crippen LogP contribution in [0.2, 0.25) is 0 Å². The highest BCUT2D eigenvalue weighted by Gasteiger charge is 1.85. The van der Waals surface area contributed by atoms with Crippen LogP contribution in [0.1, 0.15) is 0 Å². The fraction of sp³-hybridized carbons (Fsp3) is 0.167. The number of aliphatic hydroxyl groups excluding tert-OH is 2. The van der Waals surface area contributed by atoms with E-state index in [0.717, 1.165) is 14.2 Å². The SMILES string of the molecule is CO.CO.c1ccc2ccccc2c1. The van der Waals surface area contributed by atoms with E-state index in [9.17, 15) is 0 Å². The summed E-state index contributed by atoms with van der Waals surface area (Å²) < 4.78 is 0. The third kappa shape index (κ3) is 3.56. The van der Waals surface area contributed by atoms with Gasteiger partial charge in [-0.2, -0.15) is 0 Å². The van der Waals surface area contributed by atoms with Crippen LogP contribution in [0.15, 0.2) is 48.5 Å². The van der Waals surface area contributed by atoms with Crippen molar-refractivity contribution in [3.8, 4) is 0 Å². The molecule has 76 valence electrons. The zero-order chi connectivity index (χ0) is 10.8. The predicted molar refractivity (Wildman–Crippen MR) is 60.2 cm³/mol. The van der Waals surface area contributed by atoms with Gasteiger partial charge in [-0.15, -0.1) is 0 Å². The molecule has 0 bridgehead atoms. The van der Waals surface area contributed by atoms with Crippen molar-refractivity contribution in [2.24, 2.45) is 0 Å². The lowest BCUT2D eigenvalue weighted by atomic mass is 10.1. The van der Waals surface area contributed by atoms with Crippen molar-refractivity contribution in [2.45, 2.75) is 0 Å². The fourth-order valence-corrected chi connectivity index (χ4v) is 1.13. The lowest BCUT2D eigenvalue weighted by Crippen LogP contribution is -1.67. The molecular weight excluding hydrogens is 176 g/mol. The van der Waals surface area contributed by atoms with E-state index in [2.05, 4.69) is 48.5 Å². The van der Waals surface area contributed by atoms with Gasteiger partial charge in [0.25, 0.3) is 0 Å². The lowest BCUT2D eigenvalue weighted by molar-refractivity contribution is 0.399. The highest BCUT2D eigenvalue weighted by molar-refractivity contribution is 5.81. The zero-order valence-electron chi connectivity index (χ0n) is 8.51. The summed E-state index contributed by atoms with van der Waals surface area (Å²) in [5.74, 6) is 0. The first kappa shape index (κ1) is 12.6. The molecule has 0 spiro atoms. The first-order valence-electron chi connectivity index (χ1n) is 4.30. The number of fused-ring (bicyclic) bond motifs is 1. The van der Waals surface area contributed by atoms with Crippen LogP contribution in [0, 0.1) is 0 Å². The first-order chi connectivity index (χ1) is 6.97. The highest BCUT2D eigenvalue weighted by atomic mass is 16.2. The Hall–Kier alpha value is -1.38. The molecule has 0 aliphatic rings. The van der Waals surface area contributed by atoms with Crippen molar-refractivity contribution in [1.82, 2.24) is 0 Å². The molecule has 0 aliphatic heterocycles. The Morgan fingerprint density at radius 3 is 1.00 bits per heavy atom. The van der Waals surface area contributed by atoms with Gasteiger partial charge >= 0.3 is 0 Å². The smallest absolute Gasteiger partial charge is 0.0319 e. The Morgan fingerprint density at radius 2 is 0.786 bits per heavy atom. The van der Waals surface area contributed by atoms with Gasteiger partial charge in [-0.3, -0.25) is 0 Å². The molecule has 2 N–H and O–H groups in total. The summed E-state index contributed by atoms with van der Waals surface area (Å²) in [6.07, 6.45) is 0. The number of benzene rings is 2. The van der Waals surface area contributed by atoms with Crippen molar-refractivity contribution in [3.05, 3.63) is 48.5 Å². The summed E-state index contributed by atoms with van der Waals surface area (Å²) in [7, 11) is 2.00. The molecule has 0 unspecified atom stereocenters. The van der Waals surface area contributed by atoms with Gasteiger partial charge in [-0.05, 0) is 10.8 Å². The maximum atomic E-state index is 7.00. The third-order valence-electron chi connectivity index (χ3n) is 1.66. The maximum absolute atomic E-state index is 7.00. The Morgan fingerprint density at radius 1 is 0.571 bits per heavy atom. The van der Waals surface area contributed by atoms with Gasteiger partial charge in [0.05, 0.1) is 0 Å². The minimum atomic E-state index is 1.00. The molecule has 2 rings (SSSR count). The van der Waals surface area contributed by atoms with E-state index in [0.29, 0.717) is 0 Å². The normalized spacial score (nSPS) is 8.00. The molecule has 0 aliphatic carbocycles. The van der Waals surface area contributed by atoms with E-state index in [1.165, 1.54) is 10.8 Å². The minimum absolute atomic E-state index is 1.00. The van der Waals surface area contributed by atoms with Crippen LogP contribution in [0.3, 0.4) is 0 Å². The van der Waals surface area contributed by atoms with Gasteiger partial charge in [-0.1, -0.05) is 48.5 Å². The monoisotopic (exact) mass is 192 g/mol. The average molecular weight is 192 g/mol. The molecule has 14 heavy (non-hydrogen) atoms. The Kier molecular flexibility index (Phi) is 7.42. The fourth-order valence-electron chi connectivity index (χ4n) is 1.13. The largest absolute Gasteiger partial charge is 0.400 e. The predicted octanol–water partition coefficient (Wildman–Crippen LogP) is 2.06. The molecule has 2 aromatic rings. The molecule has 0 saturated carbocycles. The van der Waals surface area contributed by atoms with E-state index in [-0.39, 0.29) is 0 Å². The summed E-state index contributed by atoms with van der Waals surface area (Å²) in [4.78, 5) is 0. The van der Waals surface area contributed by atoms with E-state index in [1.54, 1.807) is 0 Å². The molecule has 0 heterocycles. The maximum Gasteiger partial charge on any atom is 0.0319 e.